The Kier molecular flexibility index (Phi) is 2.59. The van der Waals surface area contributed by atoms with Crippen molar-refractivity contribution in [2.75, 3.05) is 0 Å². The van der Waals surface area contributed by atoms with Gasteiger partial charge in [-0.05, 0) is 0 Å². The average Bonchev–Trinajstić information content (AvgIpc) is 2.73. The third kappa shape index (κ3) is 1.88. The van der Waals surface area contributed by atoms with Crippen LogP contribution >= 0.6 is 0 Å². The molecule has 0 aromatic carbocycles. The number of aromatic nitrogens is 3. The summed E-state index contributed by atoms with van der Waals surface area (Å²) in [7, 11) is 0. The van der Waals surface area contributed by atoms with E-state index >= 15 is 0 Å². The van der Waals surface area contributed by atoms with Gasteiger partial charge in [-0.15, -0.1) is 10.2 Å². The molecule has 7 nitrogen and oxygen atoms in total. The van der Waals surface area contributed by atoms with Crippen LogP contribution < -0.4 is 5.32 Å². The van der Waals surface area contributed by atoms with Crippen molar-refractivity contribution in [3.8, 4) is 0 Å². The number of hydrogen-bond acceptors (Lipinski definition) is 4. The van der Waals surface area contributed by atoms with Crippen molar-refractivity contribution in [3.05, 3.63) is 11.6 Å². The number of carboxylic acids is 1. The van der Waals surface area contributed by atoms with Gasteiger partial charge in [0.05, 0.1) is 12.5 Å². The fourth-order valence-electron chi connectivity index (χ4n) is 1.74. The minimum Gasteiger partial charge on any atom is -0.481 e. The standard InChI is InChI=1S/C9H12N4O3/c1-5(14)10-3-8-12-11-7-2-6(9(15)16)4-13(7)8/h6H,2-4H2,1H3,(H,10,14)(H,15,16). The highest BCUT2D eigenvalue weighted by molar-refractivity contribution is 5.72. The summed E-state index contributed by atoms with van der Waals surface area (Å²) in [5.41, 5.74) is 0. The van der Waals surface area contributed by atoms with E-state index in [0.29, 0.717) is 24.6 Å². The topological polar surface area (TPSA) is 97.1 Å². The van der Waals surface area contributed by atoms with E-state index in [1.807, 2.05) is 0 Å². The molecule has 0 saturated carbocycles. The van der Waals surface area contributed by atoms with Crippen molar-refractivity contribution in [1.29, 1.82) is 0 Å². The molecule has 1 aliphatic rings. The predicted molar refractivity (Wildman–Crippen MR) is 52.4 cm³/mol. The molecular formula is C9H12N4O3. The Hall–Kier alpha value is -1.92. The van der Waals surface area contributed by atoms with Crippen LogP contribution in [0.5, 0.6) is 0 Å². The van der Waals surface area contributed by atoms with Gasteiger partial charge in [-0.25, -0.2) is 0 Å². The molecule has 1 amide bonds. The SMILES string of the molecule is CC(=O)NCc1nnc2n1CC(C(=O)O)C2. The quantitative estimate of drug-likeness (QED) is 0.698. The highest BCUT2D eigenvalue weighted by Gasteiger charge is 2.30. The molecule has 2 N–H and O–H groups in total. The Bertz CT molecular complexity index is 440. The number of nitrogens with one attached hydrogen (secondary N) is 1. The molecule has 0 spiro atoms. The van der Waals surface area contributed by atoms with Gasteiger partial charge in [0.25, 0.3) is 0 Å². The summed E-state index contributed by atoms with van der Waals surface area (Å²) in [6, 6.07) is 0. The molecule has 0 aliphatic carbocycles. The van der Waals surface area contributed by atoms with Crippen LogP contribution in [0.2, 0.25) is 0 Å². The lowest BCUT2D eigenvalue weighted by molar-refractivity contribution is -0.141. The largest absolute Gasteiger partial charge is 0.481 e. The third-order valence-electron chi connectivity index (χ3n) is 2.58. The summed E-state index contributed by atoms with van der Waals surface area (Å²) in [5, 5.41) is 19.3. The maximum absolute atomic E-state index is 10.8. The van der Waals surface area contributed by atoms with Gasteiger partial charge >= 0.3 is 5.97 Å². The van der Waals surface area contributed by atoms with Gasteiger partial charge in [-0.2, -0.15) is 0 Å². The molecule has 2 heterocycles. The van der Waals surface area contributed by atoms with Gasteiger partial charge in [-0.3, -0.25) is 9.59 Å². The molecule has 0 bridgehead atoms. The minimum atomic E-state index is -0.823. The monoisotopic (exact) mass is 224 g/mol. The first-order chi connectivity index (χ1) is 7.58. The van der Waals surface area contributed by atoms with Crippen molar-refractivity contribution in [2.24, 2.45) is 5.92 Å². The van der Waals surface area contributed by atoms with Gasteiger partial charge in [0.1, 0.15) is 5.82 Å². The highest BCUT2D eigenvalue weighted by Crippen LogP contribution is 2.20. The average molecular weight is 224 g/mol. The number of rotatable bonds is 3. The molecule has 7 heteroatoms. The second kappa shape index (κ2) is 3.92. The molecule has 0 saturated heterocycles. The molecule has 0 radical (unpaired) electrons. The first kappa shape index (κ1) is 10.6. The lowest BCUT2D eigenvalue weighted by Gasteiger charge is -2.05. The smallest absolute Gasteiger partial charge is 0.308 e. The summed E-state index contributed by atoms with van der Waals surface area (Å²) in [6.45, 7) is 2.09. The van der Waals surface area contributed by atoms with Crippen LogP contribution in [0, 0.1) is 5.92 Å². The Labute approximate surface area is 91.5 Å². The summed E-state index contributed by atoms with van der Waals surface area (Å²) in [4.78, 5) is 21.6. The number of carboxylic acid groups (broad SMARTS) is 1. The summed E-state index contributed by atoms with van der Waals surface area (Å²) in [6.07, 6.45) is 0.405. The zero-order valence-electron chi connectivity index (χ0n) is 8.80. The molecule has 1 unspecified atom stereocenters. The van der Waals surface area contributed by atoms with Crippen molar-refractivity contribution < 1.29 is 14.7 Å². The maximum Gasteiger partial charge on any atom is 0.308 e. The number of amides is 1. The fraction of sp³-hybridized carbons (Fsp3) is 0.556. The van der Waals surface area contributed by atoms with Crippen LogP contribution in [0.1, 0.15) is 18.6 Å². The van der Waals surface area contributed by atoms with Gasteiger partial charge < -0.3 is 15.0 Å². The lowest BCUT2D eigenvalue weighted by atomic mass is 10.1. The molecule has 86 valence electrons. The molecule has 1 aromatic heterocycles. The van der Waals surface area contributed by atoms with Crippen molar-refractivity contribution >= 4 is 11.9 Å². The molecule has 16 heavy (non-hydrogen) atoms. The van der Waals surface area contributed by atoms with Gasteiger partial charge in [-0.1, -0.05) is 0 Å². The number of carbonyl (C=O) groups excluding carboxylic acids is 1. The van der Waals surface area contributed by atoms with Crippen LogP contribution in [0.25, 0.3) is 0 Å². The molecular weight excluding hydrogens is 212 g/mol. The second-order valence-corrected chi connectivity index (χ2v) is 3.79. The maximum atomic E-state index is 10.8. The van der Waals surface area contributed by atoms with E-state index in [0.717, 1.165) is 0 Å². The van der Waals surface area contributed by atoms with Crippen LogP contribution in [0.15, 0.2) is 0 Å². The van der Waals surface area contributed by atoms with Crippen LogP contribution in [-0.2, 0) is 29.1 Å². The van der Waals surface area contributed by atoms with Crippen LogP contribution in [0.3, 0.4) is 0 Å². The number of aliphatic carboxylic acids is 1. The van der Waals surface area contributed by atoms with E-state index in [4.69, 9.17) is 5.11 Å². The van der Waals surface area contributed by atoms with Gasteiger partial charge in [0, 0.05) is 19.9 Å². The summed E-state index contributed by atoms with van der Waals surface area (Å²) < 4.78 is 1.76. The number of carbonyl (C=O) groups is 2. The second-order valence-electron chi connectivity index (χ2n) is 3.79. The zero-order chi connectivity index (χ0) is 11.7. The van der Waals surface area contributed by atoms with Crippen LogP contribution in [0.4, 0.5) is 0 Å². The highest BCUT2D eigenvalue weighted by atomic mass is 16.4. The van der Waals surface area contributed by atoms with Crippen molar-refractivity contribution in [2.45, 2.75) is 26.4 Å². The Morgan fingerprint density at radius 1 is 1.56 bits per heavy atom. The van der Waals surface area contributed by atoms with E-state index in [1.54, 1.807) is 4.57 Å². The van der Waals surface area contributed by atoms with E-state index in [-0.39, 0.29) is 12.5 Å². The number of hydrogen-bond donors (Lipinski definition) is 2. The van der Waals surface area contributed by atoms with E-state index < -0.39 is 11.9 Å². The van der Waals surface area contributed by atoms with Crippen molar-refractivity contribution in [3.63, 3.8) is 0 Å². The minimum absolute atomic E-state index is 0.148. The van der Waals surface area contributed by atoms with Gasteiger partial charge in [0.2, 0.25) is 5.91 Å². The Morgan fingerprint density at radius 2 is 2.31 bits per heavy atom. The Balaban J connectivity index is 2.09. The summed E-state index contributed by atoms with van der Waals surface area (Å²) in [5.74, 6) is -0.121. The van der Waals surface area contributed by atoms with Gasteiger partial charge in [0.15, 0.2) is 5.82 Å². The van der Waals surface area contributed by atoms with E-state index in [1.165, 1.54) is 6.92 Å². The van der Waals surface area contributed by atoms with Crippen molar-refractivity contribution in [1.82, 2.24) is 20.1 Å². The molecule has 1 atom stereocenters. The summed E-state index contributed by atoms with van der Waals surface area (Å²) >= 11 is 0. The molecule has 1 aromatic rings. The molecule has 2 rings (SSSR count). The first-order valence-corrected chi connectivity index (χ1v) is 4.96. The first-order valence-electron chi connectivity index (χ1n) is 4.96. The predicted octanol–water partition coefficient (Wildman–Crippen LogP) is -0.829. The normalized spacial score (nSPS) is 18.2. The third-order valence-corrected chi connectivity index (χ3v) is 2.58. The fourth-order valence-corrected chi connectivity index (χ4v) is 1.74. The van der Waals surface area contributed by atoms with E-state index in [9.17, 15) is 9.59 Å². The molecule has 1 aliphatic heterocycles. The Morgan fingerprint density at radius 3 is 2.94 bits per heavy atom. The number of nitrogens with zero attached hydrogens (tertiary/aromatic N) is 3. The number of fused-ring (bicyclic) bond motifs is 1. The zero-order valence-corrected chi connectivity index (χ0v) is 8.80. The lowest BCUT2D eigenvalue weighted by Crippen LogP contribution is -2.22. The van der Waals surface area contributed by atoms with E-state index in [2.05, 4.69) is 15.5 Å². The van der Waals surface area contributed by atoms with Crippen LogP contribution in [-0.4, -0.2) is 31.7 Å². The molecule has 0 fully saturated rings.